The molecular weight excluding hydrogens is 1280 g/mol. The van der Waals surface area contributed by atoms with E-state index in [1.807, 2.05) is 304 Å². The Morgan fingerprint density at radius 3 is 0.489 bits per heavy atom. The van der Waals surface area contributed by atoms with Gasteiger partial charge in [0.15, 0.2) is 0 Å². The quantitative estimate of drug-likeness (QED) is 0.147. The average molecular weight is 1340 g/mol. The van der Waals surface area contributed by atoms with Gasteiger partial charge >= 0.3 is 87.6 Å². The highest BCUT2D eigenvalue weighted by Crippen LogP contribution is 2.47. The Balaban J connectivity index is 1.24. The molecule has 6 saturated heterocycles. The van der Waals surface area contributed by atoms with Crippen molar-refractivity contribution in [2.24, 2.45) is 0 Å². The van der Waals surface area contributed by atoms with Crippen LogP contribution >= 0.6 is 0 Å². The summed E-state index contributed by atoms with van der Waals surface area (Å²) in [6.45, 7) is 3.89. The van der Waals surface area contributed by atoms with E-state index in [4.69, 9.17) is 69.1 Å². The minimum Gasteiger partial charge on any atom is -0.399 e. The molecule has 8 bridgehead atoms. The topological polar surface area (TPSA) is 181 Å². The molecule has 6 heterocycles. The SMILES string of the molecule is C[Si]1(c2cccc(N)c2)O[Si]2(c3ccccc3)O[Si]3(c4ccccc4)O[Si]4(c5ccccc5)O[Si](C)(c5cccc(N)c5)O[Si]5(c6ccccc6)O[Si](c6ccccc6)(O[Si](c6ccccc6)(O1)O[Si](c1ccccc1)(O5)O[Si](c1ccccc1)(O2)O4)O3. The Morgan fingerprint density at radius 1 is 0.182 bits per heavy atom. The summed E-state index contributed by atoms with van der Waals surface area (Å²) in [4.78, 5) is 0. The standard InChI is InChI=1S/C62H58N2O14Si10/c1-79(61-47-27-29-51(63)49-61)65-81(53-31-11-3-12-32-53)69-85(57-39-19-7-20-40-57)73-83(55-35-15-5-16-36-55)67-80(2,62-48-28-30-52(64)50-62)68-84(56-37-17-6-18-38-56)75-87(77-85,59-43-23-9-24-44-59)71-82(66-79,54-33-13-4-14-34-54)72-88(76-84,60-45-25-10-26-46-60)78-86(70-81,74-83)58-41-21-8-22-42-58/h3-50H,63-64H2,1-2H3. The van der Waals surface area contributed by atoms with Crippen molar-refractivity contribution in [3.63, 3.8) is 0 Å². The molecule has 440 valence electrons. The van der Waals surface area contributed by atoms with Crippen molar-refractivity contribution >= 4 is 151 Å². The summed E-state index contributed by atoms with van der Waals surface area (Å²) in [5.74, 6) is 0. The highest BCUT2D eigenvalue weighted by atomic mass is 28.6. The predicted molar refractivity (Wildman–Crippen MR) is 354 cm³/mol. The van der Waals surface area contributed by atoms with E-state index in [2.05, 4.69) is 0 Å². The van der Waals surface area contributed by atoms with Crippen LogP contribution in [0, 0.1) is 0 Å². The van der Waals surface area contributed by atoms with Crippen molar-refractivity contribution in [3.8, 4) is 0 Å². The van der Waals surface area contributed by atoms with E-state index in [0.29, 0.717) is 63.2 Å². The normalized spacial score (nSPS) is 32.6. The molecule has 16 nitrogen and oxygen atoms in total. The van der Waals surface area contributed by atoms with E-state index in [9.17, 15) is 0 Å². The maximum absolute atomic E-state index is 8.62. The van der Waals surface area contributed by atoms with Gasteiger partial charge in [-0.25, -0.2) is 0 Å². The fourth-order valence-corrected chi connectivity index (χ4v) is 67.9. The maximum atomic E-state index is 8.62. The van der Waals surface area contributed by atoms with Gasteiger partial charge in [-0.3, -0.25) is 0 Å². The zero-order valence-corrected chi connectivity index (χ0v) is 57.6. The van der Waals surface area contributed by atoms with Gasteiger partial charge in [-0.1, -0.05) is 267 Å². The summed E-state index contributed by atoms with van der Waals surface area (Å²) in [7, 11) is -50.9. The zero-order valence-electron chi connectivity index (χ0n) is 47.6. The van der Waals surface area contributed by atoms with Gasteiger partial charge in [-0.05, 0) is 47.7 Å². The molecule has 0 amide bonds. The predicted octanol–water partition coefficient (Wildman–Crippen LogP) is 4.18. The van der Waals surface area contributed by atoms with Crippen LogP contribution in [0.25, 0.3) is 0 Å². The Bertz CT molecular complexity index is 3640. The lowest BCUT2D eigenvalue weighted by Crippen LogP contribution is -2.94. The molecule has 0 aromatic heterocycles. The molecule has 16 rings (SSSR count). The molecule has 88 heavy (non-hydrogen) atoms. The molecular formula is C62H58N2O14Si10. The van der Waals surface area contributed by atoms with Gasteiger partial charge in [0.2, 0.25) is 0 Å². The Kier molecular flexibility index (Phi) is 14.5. The van der Waals surface area contributed by atoms with Crippen molar-refractivity contribution in [2.75, 3.05) is 11.5 Å². The largest absolute Gasteiger partial charge is 0.515 e. The zero-order chi connectivity index (χ0) is 59.8. The highest BCUT2D eigenvalue weighted by Gasteiger charge is 2.84. The summed E-state index contributed by atoms with van der Waals surface area (Å²) >= 11 is 0. The summed E-state index contributed by atoms with van der Waals surface area (Å²) < 4.78 is 120. The van der Waals surface area contributed by atoms with E-state index in [-0.39, 0.29) is 0 Å². The third-order valence-corrected chi connectivity index (χ3v) is 58.9. The number of nitrogens with two attached hydrogens (primary N) is 2. The fraction of sp³-hybridized carbons (Fsp3) is 0.0323. The van der Waals surface area contributed by atoms with E-state index in [1.165, 1.54) is 0 Å². The van der Waals surface area contributed by atoms with Crippen LogP contribution in [0.15, 0.2) is 291 Å². The molecule has 0 saturated carbocycles. The first-order valence-corrected chi connectivity index (χ1v) is 47.2. The van der Waals surface area contributed by atoms with Crippen LogP contribution in [-0.4, -0.2) is 87.6 Å². The first-order chi connectivity index (χ1) is 42.7. The Labute approximate surface area is 520 Å². The fourth-order valence-electron chi connectivity index (χ4n) is 11.8. The van der Waals surface area contributed by atoms with E-state index in [0.717, 1.165) is 0 Å². The summed E-state index contributed by atoms with van der Waals surface area (Å²) in [6.07, 6.45) is 0. The molecule has 4 N–H and O–H groups in total. The number of benzene rings is 10. The van der Waals surface area contributed by atoms with Crippen molar-refractivity contribution < 1.29 is 57.6 Å². The average Bonchev–Trinajstić information content (AvgIpc) is 0.685. The summed E-state index contributed by atoms with van der Waals surface area (Å²) in [5, 5.41) is 4.96. The van der Waals surface area contributed by atoms with Crippen LogP contribution in [0.2, 0.25) is 13.1 Å². The third-order valence-electron chi connectivity index (χ3n) is 15.8. The number of hydrogen-bond acceptors (Lipinski definition) is 16. The van der Waals surface area contributed by atoms with E-state index >= 15 is 0 Å². The monoisotopic (exact) mass is 1330 g/mol. The molecule has 10 aromatic carbocycles. The van der Waals surface area contributed by atoms with Gasteiger partial charge in [-0.2, -0.15) is 0 Å². The van der Waals surface area contributed by atoms with Crippen molar-refractivity contribution in [2.45, 2.75) is 13.1 Å². The number of rotatable bonds is 10. The summed E-state index contributed by atoms with van der Waals surface area (Å²) in [5.41, 5.74) is 14.7. The van der Waals surface area contributed by atoms with Crippen LogP contribution in [0.5, 0.6) is 0 Å². The molecule has 6 aliphatic rings. The molecule has 6 fully saturated rings. The van der Waals surface area contributed by atoms with Crippen LogP contribution in [0.3, 0.4) is 0 Å². The lowest BCUT2D eigenvalue weighted by atomic mass is 10.3. The minimum absolute atomic E-state index is 0.445. The lowest BCUT2D eigenvalue weighted by molar-refractivity contribution is 0.0273. The second-order valence-corrected chi connectivity index (χ2v) is 51.8. The first-order valence-electron chi connectivity index (χ1n) is 28.7. The molecule has 6 aliphatic heterocycles. The van der Waals surface area contributed by atoms with E-state index in [1.54, 1.807) is 0 Å². The van der Waals surface area contributed by atoms with Crippen LogP contribution in [0.1, 0.15) is 0 Å². The van der Waals surface area contributed by atoms with Crippen LogP contribution < -0.4 is 63.3 Å². The van der Waals surface area contributed by atoms with Gasteiger partial charge < -0.3 is 69.1 Å². The highest BCUT2D eigenvalue weighted by molar-refractivity contribution is 7.14. The second-order valence-electron chi connectivity index (χ2n) is 21.9. The molecule has 0 aliphatic carbocycles. The Morgan fingerprint density at radius 2 is 0.330 bits per heavy atom. The molecule has 0 atom stereocenters. The molecule has 0 spiro atoms. The van der Waals surface area contributed by atoms with Crippen molar-refractivity contribution in [1.82, 2.24) is 0 Å². The number of nitrogen functional groups attached to an aromatic ring is 2. The smallest absolute Gasteiger partial charge is 0.399 e. The van der Waals surface area contributed by atoms with Crippen LogP contribution in [-0.2, 0) is 57.6 Å². The van der Waals surface area contributed by atoms with Crippen molar-refractivity contribution in [1.29, 1.82) is 0 Å². The third kappa shape index (κ3) is 9.96. The maximum Gasteiger partial charge on any atom is 0.515 e. The van der Waals surface area contributed by atoms with Gasteiger partial charge in [0, 0.05) is 52.9 Å². The van der Waals surface area contributed by atoms with Crippen molar-refractivity contribution in [3.05, 3.63) is 291 Å². The molecule has 10 aromatic rings. The molecule has 26 heteroatoms. The lowest BCUT2D eigenvalue weighted by Gasteiger charge is -2.61. The minimum atomic E-state index is -5.31. The second kappa shape index (κ2) is 22.1. The van der Waals surface area contributed by atoms with Gasteiger partial charge in [0.25, 0.3) is 0 Å². The number of anilines is 2. The number of hydrogen-bond donors (Lipinski definition) is 2. The number of fused-ring (bicyclic) bond motifs is 4. The summed E-state index contributed by atoms with van der Waals surface area (Å²) in [6, 6.07) is 91.7. The van der Waals surface area contributed by atoms with Gasteiger partial charge in [0.1, 0.15) is 0 Å². The van der Waals surface area contributed by atoms with Gasteiger partial charge in [-0.15, -0.1) is 0 Å². The molecule has 0 unspecified atom stereocenters. The van der Waals surface area contributed by atoms with Crippen LogP contribution in [0.4, 0.5) is 11.4 Å². The molecule has 0 radical (unpaired) electrons. The first kappa shape index (κ1) is 57.8. The van der Waals surface area contributed by atoms with E-state index < -0.39 is 87.6 Å². The Hall–Kier alpha value is -6.59. The van der Waals surface area contributed by atoms with Gasteiger partial charge in [0.05, 0.1) is 0 Å².